The molecule has 0 saturated carbocycles. The van der Waals surface area contributed by atoms with E-state index in [0.29, 0.717) is 18.6 Å². The van der Waals surface area contributed by atoms with Gasteiger partial charge in [-0.05, 0) is 42.4 Å². The first-order valence-electron chi connectivity index (χ1n) is 10.7. The molecular formula is C25H26N2O2. The summed E-state index contributed by atoms with van der Waals surface area (Å²) in [6.07, 6.45) is 2.97. The fourth-order valence-corrected chi connectivity index (χ4v) is 6.25. The summed E-state index contributed by atoms with van der Waals surface area (Å²) >= 11 is 0. The molecule has 0 amide bonds. The number of piperidine rings is 1. The van der Waals surface area contributed by atoms with Crippen LogP contribution < -0.4 is 0 Å². The lowest BCUT2D eigenvalue weighted by Gasteiger charge is -2.53. The molecule has 3 aromatic rings. The maximum absolute atomic E-state index is 12.9. The number of carbonyl (C=O) groups excluding carboxylic acids is 1. The van der Waals surface area contributed by atoms with Crippen LogP contribution in [0.5, 0.6) is 0 Å². The van der Waals surface area contributed by atoms with Crippen LogP contribution in [0.15, 0.2) is 54.6 Å². The van der Waals surface area contributed by atoms with E-state index in [4.69, 9.17) is 4.74 Å². The van der Waals surface area contributed by atoms with Crippen molar-refractivity contribution in [3.63, 3.8) is 0 Å². The molecule has 0 spiro atoms. The predicted molar refractivity (Wildman–Crippen MR) is 112 cm³/mol. The third-order valence-electron chi connectivity index (χ3n) is 7.48. The standard InChI is InChI=1S/C25H26N2O2/c1-26-20-10-6-5-9-18(20)19-14-21-23-17(11-12-29-25(23)28)13-22(24(19)26)27(21)15-16-7-3-2-4-8-16/h2-10,17,21-23H,11-15H2,1H3/t17-,21+,22+,23+/m1/s1. The van der Waals surface area contributed by atoms with Crippen LogP contribution >= 0.6 is 0 Å². The first-order chi connectivity index (χ1) is 14.2. The smallest absolute Gasteiger partial charge is 0.310 e. The second kappa shape index (κ2) is 6.46. The van der Waals surface area contributed by atoms with Crippen molar-refractivity contribution < 1.29 is 9.53 Å². The SMILES string of the molecule is Cn1c2c(c3ccccc31)C[C@H]1[C@H]3C(=O)OCC[C@@H]3C[C@@H]2N1Cc1ccccc1. The van der Waals surface area contributed by atoms with E-state index in [9.17, 15) is 4.79 Å². The Labute approximate surface area is 171 Å². The quantitative estimate of drug-likeness (QED) is 0.618. The maximum atomic E-state index is 12.9. The first kappa shape index (κ1) is 17.3. The zero-order valence-electron chi connectivity index (χ0n) is 16.8. The number of ether oxygens (including phenoxy) is 1. The van der Waals surface area contributed by atoms with Gasteiger partial charge in [0.05, 0.1) is 18.6 Å². The molecule has 4 atom stereocenters. The Morgan fingerprint density at radius 1 is 1.07 bits per heavy atom. The Hall–Kier alpha value is -2.59. The number of esters is 1. The molecule has 0 radical (unpaired) electrons. The van der Waals surface area contributed by atoms with Gasteiger partial charge in [-0.25, -0.2) is 0 Å². The monoisotopic (exact) mass is 386 g/mol. The Morgan fingerprint density at radius 3 is 2.72 bits per heavy atom. The number of carbonyl (C=O) groups is 1. The van der Waals surface area contributed by atoms with Gasteiger partial charge in [0.25, 0.3) is 0 Å². The van der Waals surface area contributed by atoms with E-state index >= 15 is 0 Å². The highest BCUT2D eigenvalue weighted by molar-refractivity contribution is 5.86. The number of para-hydroxylation sites is 1. The van der Waals surface area contributed by atoms with Crippen LogP contribution in [0.3, 0.4) is 0 Å². The van der Waals surface area contributed by atoms with Crippen molar-refractivity contribution in [3.8, 4) is 0 Å². The highest BCUT2D eigenvalue weighted by atomic mass is 16.5. The Balaban J connectivity index is 1.51. The van der Waals surface area contributed by atoms with E-state index in [0.717, 1.165) is 25.8 Å². The maximum Gasteiger partial charge on any atom is 0.310 e. The second-order valence-electron chi connectivity index (χ2n) is 8.86. The molecule has 148 valence electrons. The van der Waals surface area contributed by atoms with E-state index < -0.39 is 0 Å². The first-order valence-corrected chi connectivity index (χ1v) is 10.7. The van der Waals surface area contributed by atoms with Crippen LogP contribution in [-0.4, -0.2) is 28.1 Å². The van der Waals surface area contributed by atoms with Gasteiger partial charge >= 0.3 is 5.97 Å². The molecule has 4 heterocycles. The molecule has 2 bridgehead atoms. The molecule has 0 unspecified atom stereocenters. The number of rotatable bonds is 2. The molecular weight excluding hydrogens is 360 g/mol. The van der Waals surface area contributed by atoms with Gasteiger partial charge in [0.2, 0.25) is 0 Å². The zero-order chi connectivity index (χ0) is 19.5. The van der Waals surface area contributed by atoms with Crippen molar-refractivity contribution in [2.75, 3.05) is 6.61 Å². The number of fused-ring (bicyclic) bond motifs is 8. The number of benzene rings is 2. The average molecular weight is 386 g/mol. The largest absolute Gasteiger partial charge is 0.465 e. The summed E-state index contributed by atoms with van der Waals surface area (Å²) in [4.78, 5) is 15.5. The van der Waals surface area contributed by atoms with Crippen LogP contribution in [0.1, 0.15) is 35.7 Å². The number of hydrogen-bond donors (Lipinski definition) is 0. The van der Waals surface area contributed by atoms with Gasteiger partial charge in [0.1, 0.15) is 0 Å². The fourth-order valence-electron chi connectivity index (χ4n) is 6.25. The second-order valence-corrected chi connectivity index (χ2v) is 8.86. The molecule has 4 heteroatoms. The van der Waals surface area contributed by atoms with Gasteiger partial charge in [-0.15, -0.1) is 0 Å². The van der Waals surface area contributed by atoms with Crippen molar-refractivity contribution in [2.24, 2.45) is 18.9 Å². The molecule has 29 heavy (non-hydrogen) atoms. The van der Waals surface area contributed by atoms with Gasteiger partial charge in [0, 0.05) is 36.2 Å². The molecule has 6 rings (SSSR count). The van der Waals surface area contributed by atoms with Crippen molar-refractivity contribution in [1.29, 1.82) is 0 Å². The minimum absolute atomic E-state index is 0.00386. The van der Waals surface area contributed by atoms with Gasteiger partial charge in [-0.3, -0.25) is 9.69 Å². The Kier molecular flexibility index (Phi) is 3.85. The topological polar surface area (TPSA) is 34.5 Å². The third-order valence-corrected chi connectivity index (χ3v) is 7.48. The van der Waals surface area contributed by atoms with Crippen LogP contribution in [-0.2, 0) is 29.5 Å². The molecule has 4 nitrogen and oxygen atoms in total. The van der Waals surface area contributed by atoms with Crippen LogP contribution in [0.4, 0.5) is 0 Å². The highest BCUT2D eigenvalue weighted by Crippen LogP contribution is 2.51. The third kappa shape index (κ3) is 2.52. The molecule has 1 aromatic heterocycles. The lowest BCUT2D eigenvalue weighted by Crippen LogP contribution is -2.58. The summed E-state index contributed by atoms with van der Waals surface area (Å²) in [5.41, 5.74) is 5.51. The van der Waals surface area contributed by atoms with E-state index in [1.54, 1.807) is 0 Å². The normalized spacial score (nSPS) is 28.7. The van der Waals surface area contributed by atoms with Gasteiger partial charge in [-0.2, -0.15) is 0 Å². The lowest BCUT2D eigenvalue weighted by molar-refractivity contribution is -0.168. The molecule has 2 aromatic carbocycles. The lowest BCUT2D eigenvalue weighted by atomic mass is 9.68. The number of aryl methyl sites for hydroxylation is 1. The Bertz CT molecular complexity index is 1090. The zero-order valence-corrected chi connectivity index (χ0v) is 16.8. The minimum Gasteiger partial charge on any atom is -0.465 e. The highest BCUT2D eigenvalue weighted by Gasteiger charge is 2.52. The number of cyclic esters (lactones) is 1. The summed E-state index contributed by atoms with van der Waals surface area (Å²) in [6, 6.07) is 20.0. The van der Waals surface area contributed by atoms with Crippen LogP contribution in [0.25, 0.3) is 10.9 Å². The number of aromatic nitrogens is 1. The van der Waals surface area contributed by atoms with Crippen molar-refractivity contribution in [2.45, 2.75) is 37.9 Å². The van der Waals surface area contributed by atoms with E-state index in [1.807, 2.05) is 0 Å². The minimum atomic E-state index is -0.00386. The summed E-state index contributed by atoms with van der Waals surface area (Å²) in [7, 11) is 2.21. The van der Waals surface area contributed by atoms with Crippen LogP contribution in [0, 0.1) is 11.8 Å². The van der Waals surface area contributed by atoms with Crippen molar-refractivity contribution in [3.05, 3.63) is 71.4 Å². The van der Waals surface area contributed by atoms with Crippen molar-refractivity contribution in [1.82, 2.24) is 9.47 Å². The van der Waals surface area contributed by atoms with Gasteiger partial charge in [-0.1, -0.05) is 48.5 Å². The Morgan fingerprint density at radius 2 is 1.86 bits per heavy atom. The molecule has 2 fully saturated rings. The fraction of sp³-hybridized carbons (Fsp3) is 0.400. The summed E-state index contributed by atoms with van der Waals surface area (Å²) < 4.78 is 7.95. The van der Waals surface area contributed by atoms with E-state index in [1.165, 1.54) is 27.7 Å². The summed E-state index contributed by atoms with van der Waals surface area (Å²) in [5.74, 6) is 0.451. The van der Waals surface area contributed by atoms with E-state index in [2.05, 4.69) is 71.1 Å². The molecule has 3 aliphatic heterocycles. The molecule has 2 saturated heterocycles. The van der Waals surface area contributed by atoms with Crippen LogP contribution in [0.2, 0.25) is 0 Å². The average Bonchev–Trinajstić information content (AvgIpc) is 3.01. The van der Waals surface area contributed by atoms with Gasteiger partial charge < -0.3 is 9.30 Å². The number of hydrogen-bond acceptors (Lipinski definition) is 3. The molecule has 3 aliphatic rings. The number of nitrogens with zero attached hydrogens (tertiary/aromatic N) is 2. The van der Waals surface area contributed by atoms with Gasteiger partial charge in [0.15, 0.2) is 0 Å². The van der Waals surface area contributed by atoms with E-state index in [-0.39, 0.29) is 17.9 Å². The van der Waals surface area contributed by atoms with Crippen molar-refractivity contribution >= 4 is 16.9 Å². The molecule has 0 aliphatic carbocycles. The predicted octanol–water partition coefficient (Wildman–Crippen LogP) is 4.23. The summed E-state index contributed by atoms with van der Waals surface area (Å²) in [5, 5.41) is 1.35. The molecule has 0 N–H and O–H groups in total. The summed E-state index contributed by atoms with van der Waals surface area (Å²) in [6.45, 7) is 1.47.